The van der Waals surface area contributed by atoms with Gasteiger partial charge in [0.2, 0.25) is 5.88 Å². The highest BCUT2D eigenvalue weighted by Gasteiger charge is 2.18. The largest absolute Gasteiger partial charge is 0.481 e. The van der Waals surface area contributed by atoms with Crippen LogP contribution < -0.4 is 9.64 Å². The summed E-state index contributed by atoms with van der Waals surface area (Å²) in [6.07, 6.45) is 2.19. The summed E-state index contributed by atoms with van der Waals surface area (Å²) in [6, 6.07) is 4.26. The highest BCUT2D eigenvalue weighted by molar-refractivity contribution is 5.44. The van der Waals surface area contributed by atoms with Crippen LogP contribution in [0.1, 0.15) is 25.8 Å². The number of pyridine rings is 1. The minimum absolute atomic E-state index is 0.774. The van der Waals surface area contributed by atoms with E-state index in [9.17, 15) is 0 Å². The molecule has 1 aromatic rings. The first-order valence-electron chi connectivity index (χ1n) is 7.29. The summed E-state index contributed by atoms with van der Waals surface area (Å²) >= 11 is 0. The monoisotopic (exact) mass is 263 g/mol. The molecule has 106 valence electrons. The highest BCUT2D eigenvalue weighted by atomic mass is 16.5. The Hall–Kier alpha value is -1.29. The smallest absolute Gasteiger partial charge is 0.218 e. The first-order chi connectivity index (χ1) is 9.28. The molecule has 0 saturated carbocycles. The van der Waals surface area contributed by atoms with Gasteiger partial charge in [0.05, 0.1) is 7.11 Å². The van der Waals surface area contributed by atoms with Crippen LogP contribution in [-0.2, 0) is 6.42 Å². The van der Waals surface area contributed by atoms with Gasteiger partial charge in [-0.1, -0.05) is 13.8 Å². The Morgan fingerprint density at radius 2 is 1.89 bits per heavy atom. The van der Waals surface area contributed by atoms with E-state index in [0.717, 1.165) is 44.3 Å². The van der Waals surface area contributed by atoms with E-state index in [0.29, 0.717) is 0 Å². The van der Waals surface area contributed by atoms with E-state index in [-0.39, 0.29) is 0 Å². The van der Waals surface area contributed by atoms with E-state index in [1.807, 2.05) is 0 Å². The summed E-state index contributed by atoms with van der Waals surface area (Å²) in [5.41, 5.74) is 1.18. The third-order valence-corrected chi connectivity index (χ3v) is 3.73. The molecule has 0 spiro atoms. The number of hydrogen-bond acceptors (Lipinski definition) is 4. The Balaban J connectivity index is 2.03. The topological polar surface area (TPSA) is 28.6 Å². The highest BCUT2D eigenvalue weighted by Crippen LogP contribution is 2.22. The molecule has 0 aliphatic carbocycles. The van der Waals surface area contributed by atoms with Crippen LogP contribution in [0.25, 0.3) is 0 Å². The van der Waals surface area contributed by atoms with Crippen molar-refractivity contribution in [3.05, 3.63) is 17.7 Å². The predicted molar refractivity (Wildman–Crippen MR) is 79.1 cm³/mol. The standard InChI is InChI=1S/C15H25N3O/c1-4-8-17-9-11-18(12-10-17)14-7-6-13(5-2)15(16-14)19-3/h6-7H,4-5,8-12H2,1-3H3. The van der Waals surface area contributed by atoms with Gasteiger partial charge in [0.15, 0.2) is 0 Å². The Morgan fingerprint density at radius 1 is 1.16 bits per heavy atom. The lowest BCUT2D eigenvalue weighted by Crippen LogP contribution is -2.46. The van der Waals surface area contributed by atoms with E-state index >= 15 is 0 Å². The van der Waals surface area contributed by atoms with Gasteiger partial charge in [0, 0.05) is 31.7 Å². The van der Waals surface area contributed by atoms with Gasteiger partial charge in [-0.15, -0.1) is 0 Å². The summed E-state index contributed by atoms with van der Waals surface area (Å²) in [5, 5.41) is 0. The summed E-state index contributed by atoms with van der Waals surface area (Å²) in [4.78, 5) is 9.52. The number of ether oxygens (including phenoxy) is 1. The number of rotatable bonds is 5. The van der Waals surface area contributed by atoms with Crippen molar-refractivity contribution in [1.29, 1.82) is 0 Å². The van der Waals surface area contributed by atoms with Crippen LogP contribution in [-0.4, -0.2) is 49.7 Å². The molecule has 0 amide bonds. The molecule has 2 rings (SSSR count). The van der Waals surface area contributed by atoms with Crippen molar-refractivity contribution >= 4 is 5.82 Å². The fraction of sp³-hybridized carbons (Fsp3) is 0.667. The maximum atomic E-state index is 5.38. The Morgan fingerprint density at radius 3 is 2.47 bits per heavy atom. The molecule has 1 saturated heterocycles. The van der Waals surface area contributed by atoms with Gasteiger partial charge in [0.1, 0.15) is 5.82 Å². The van der Waals surface area contributed by atoms with E-state index in [1.165, 1.54) is 18.5 Å². The van der Waals surface area contributed by atoms with Gasteiger partial charge < -0.3 is 9.64 Å². The molecule has 1 aromatic heterocycles. The van der Waals surface area contributed by atoms with Gasteiger partial charge in [-0.05, 0) is 31.5 Å². The fourth-order valence-electron chi connectivity index (χ4n) is 2.60. The fourth-order valence-corrected chi connectivity index (χ4v) is 2.60. The van der Waals surface area contributed by atoms with E-state index in [4.69, 9.17) is 4.74 Å². The molecule has 1 aliphatic heterocycles. The number of aromatic nitrogens is 1. The van der Waals surface area contributed by atoms with Crippen molar-refractivity contribution in [2.45, 2.75) is 26.7 Å². The molecular weight excluding hydrogens is 238 g/mol. The molecule has 0 N–H and O–H groups in total. The van der Waals surface area contributed by atoms with Crippen molar-refractivity contribution in [1.82, 2.24) is 9.88 Å². The average molecular weight is 263 g/mol. The van der Waals surface area contributed by atoms with Crippen molar-refractivity contribution in [2.24, 2.45) is 0 Å². The van der Waals surface area contributed by atoms with Crippen LogP contribution in [0.4, 0.5) is 5.82 Å². The molecule has 1 aliphatic rings. The third kappa shape index (κ3) is 3.38. The lowest BCUT2D eigenvalue weighted by molar-refractivity contribution is 0.257. The Bertz CT molecular complexity index is 400. The van der Waals surface area contributed by atoms with Crippen LogP contribution in [0.3, 0.4) is 0 Å². The number of aryl methyl sites for hydroxylation is 1. The first-order valence-corrected chi connectivity index (χ1v) is 7.29. The molecule has 19 heavy (non-hydrogen) atoms. The zero-order valence-corrected chi connectivity index (χ0v) is 12.4. The number of anilines is 1. The lowest BCUT2D eigenvalue weighted by atomic mass is 10.2. The van der Waals surface area contributed by atoms with Crippen molar-refractivity contribution < 1.29 is 4.74 Å². The first kappa shape index (κ1) is 14.1. The Kier molecular flexibility index (Phi) is 5.02. The number of methoxy groups -OCH3 is 1. The van der Waals surface area contributed by atoms with E-state index < -0.39 is 0 Å². The average Bonchev–Trinajstić information content (AvgIpc) is 2.47. The predicted octanol–water partition coefficient (Wildman–Crippen LogP) is 2.18. The van der Waals surface area contributed by atoms with E-state index in [1.54, 1.807) is 7.11 Å². The maximum Gasteiger partial charge on any atom is 0.218 e. The van der Waals surface area contributed by atoms with Crippen LogP contribution >= 0.6 is 0 Å². The van der Waals surface area contributed by atoms with E-state index in [2.05, 4.69) is 40.8 Å². The SMILES string of the molecule is CCCN1CCN(c2ccc(CC)c(OC)n2)CC1. The van der Waals surface area contributed by atoms with Gasteiger partial charge in [-0.2, -0.15) is 4.98 Å². The molecule has 0 bridgehead atoms. The van der Waals surface area contributed by atoms with Crippen LogP contribution in [0, 0.1) is 0 Å². The molecule has 0 unspecified atom stereocenters. The van der Waals surface area contributed by atoms with Gasteiger partial charge in [-0.3, -0.25) is 4.90 Å². The maximum absolute atomic E-state index is 5.38. The molecule has 0 radical (unpaired) electrons. The van der Waals surface area contributed by atoms with Crippen molar-refractivity contribution in [2.75, 3.05) is 44.7 Å². The summed E-state index contributed by atoms with van der Waals surface area (Å²) < 4.78 is 5.38. The van der Waals surface area contributed by atoms with Crippen molar-refractivity contribution in [3.8, 4) is 5.88 Å². The van der Waals surface area contributed by atoms with Crippen LogP contribution in [0.5, 0.6) is 5.88 Å². The molecule has 1 fully saturated rings. The molecule has 4 nitrogen and oxygen atoms in total. The number of nitrogens with zero attached hydrogens (tertiary/aromatic N) is 3. The second kappa shape index (κ2) is 6.75. The van der Waals surface area contributed by atoms with Crippen molar-refractivity contribution in [3.63, 3.8) is 0 Å². The molecular formula is C15H25N3O. The normalized spacial score (nSPS) is 16.7. The van der Waals surface area contributed by atoms with Gasteiger partial charge >= 0.3 is 0 Å². The van der Waals surface area contributed by atoms with Crippen LogP contribution in [0.2, 0.25) is 0 Å². The zero-order chi connectivity index (χ0) is 13.7. The quantitative estimate of drug-likeness (QED) is 0.814. The second-order valence-electron chi connectivity index (χ2n) is 5.02. The van der Waals surface area contributed by atoms with Crippen LogP contribution in [0.15, 0.2) is 12.1 Å². The molecule has 0 atom stereocenters. The minimum atomic E-state index is 0.774. The van der Waals surface area contributed by atoms with Gasteiger partial charge in [-0.25, -0.2) is 0 Å². The second-order valence-corrected chi connectivity index (χ2v) is 5.02. The minimum Gasteiger partial charge on any atom is -0.481 e. The number of piperazine rings is 1. The summed E-state index contributed by atoms with van der Waals surface area (Å²) in [6.45, 7) is 9.95. The summed E-state index contributed by atoms with van der Waals surface area (Å²) in [7, 11) is 1.70. The molecule has 2 heterocycles. The number of hydrogen-bond donors (Lipinski definition) is 0. The summed E-state index contributed by atoms with van der Waals surface area (Å²) in [5.74, 6) is 1.82. The van der Waals surface area contributed by atoms with Gasteiger partial charge in [0.25, 0.3) is 0 Å². The third-order valence-electron chi connectivity index (χ3n) is 3.73. The zero-order valence-electron chi connectivity index (χ0n) is 12.4. The molecule has 0 aromatic carbocycles. The Labute approximate surface area is 116 Å². The lowest BCUT2D eigenvalue weighted by Gasteiger charge is -2.35. The molecule has 4 heteroatoms.